The van der Waals surface area contributed by atoms with E-state index in [1.54, 1.807) is 0 Å². The lowest BCUT2D eigenvalue weighted by Gasteiger charge is -2.07. The zero-order valence-electron chi connectivity index (χ0n) is 9.50. The van der Waals surface area contributed by atoms with Crippen LogP contribution in [-0.2, 0) is 0 Å². The van der Waals surface area contributed by atoms with Gasteiger partial charge in [0, 0.05) is 13.0 Å². The van der Waals surface area contributed by atoms with Crippen LogP contribution in [0.5, 0.6) is 0 Å². The molecule has 98 valence electrons. The van der Waals surface area contributed by atoms with Crippen LogP contribution in [0.25, 0.3) is 10.2 Å². The van der Waals surface area contributed by atoms with Gasteiger partial charge in [-0.2, -0.15) is 13.2 Å². The first-order valence-corrected chi connectivity index (χ1v) is 6.43. The molecule has 1 N–H and O–H groups in total. The molecule has 18 heavy (non-hydrogen) atoms. The van der Waals surface area contributed by atoms with Gasteiger partial charge >= 0.3 is 6.18 Å². The highest BCUT2D eigenvalue weighted by molar-refractivity contribution is 7.16. The fourth-order valence-electron chi connectivity index (χ4n) is 1.59. The van der Waals surface area contributed by atoms with Gasteiger partial charge in [0.05, 0.1) is 5.39 Å². The predicted octanol–water partition coefficient (Wildman–Crippen LogP) is 3.84. The standard InChI is InChI=1S/C11H12F3N3S/c12-11(13,14)4-1-2-5-15-9-8-3-6-18-10(8)17-7-16-9/h3,6-7H,1-2,4-5H2,(H,15,16,17). The van der Waals surface area contributed by atoms with E-state index < -0.39 is 12.6 Å². The first-order chi connectivity index (χ1) is 8.56. The van der Waals surface area contributed by atoms with Crippen LogP contribution in [0.1, 0.15) is 19.3 Å². The maximum atomic E-state index is 11.9. The lowest BCUT2D eigenvalue weighted by atomic mass is 10.2. The maximum absolute atomic E-state index is 11.9. The zero-order valence-corrected chi connectivity index (χ0v) is 10.3. The number of halogens is 3. The number of alkyl halides is 3. The van der Waals surface area contributed by atoms with Gasteiger partial charge < -0.3 is 5.32 Å². The Kier molecular flexibility index (Phi) is 4.00. The normalized spacial score (nSPS) is 11.9. The zero-order chi connectivity index (χ0) is 13.0. The summed E-state index contributed by atoms with van der Waals surface area (Å²) in [4.78, 5) is 9.06. The molecule has 2 rings (SSSR count). The smallest absolute Gasteiger partial charge is 0.369 e. The van der Waals surface area contributed by atoms with Gasteiger partial charge in [-0.15, -0.1) is 11.3 Å². The van der Waals surface area contributed by atoms with Gasteiger partial charge in [-0.25, -0.2) is 9.97 Å². The molecule has 2 heterocycles. The van der Waals surface area contributed by atoms with Crippen LogP contribution in [0.3, 0.4) is 0 Å². The topological polar surface area (TPSA) is 37.8 Å². The number of nitrogens with zero attached hydrogens (tertiary/aromatic N) is 2. The van der Waals surface area contributed by atoms with E-state index in [4.69, 9.17) is 0 Å². The third-order valence-corrected chi connectivity index (χ3v) is 3.26. The molecule has 0 aromatic carbocycles. The van der Waals surface area contributed by atoms with Crippen molar-refractivity contribution in [3.05, 3.63) is 17.8 Å². The van der Waals surface area contributed by atoms with Crippen molar-refractivity contribution in [2.24, 2.45) is 0 Å². The molecule has 0 aliphatic heterocycles. The number of aromatic nitrogens is 2. The SMILES string of the molecule is FC(F)(F)CCCCNc1ncnc2sccc12. The lowest BCUT2D eigenvalue weighted by Crippen LogP contribution is -2.09. The van der Waals surface area contributed by atoms with Crippen molar-refractivity contribution in [2.45, 2.75) is 25.4 Å². The van der Waals surface area contributed by atoms with E-state index in [-0.39, 0.29) is 6.42 Å². The number of unbranched alkanes of at least 4 members (excludes halogenated alkanes) is 1. The molecule has 7 heteroatoms. The summed E-state index contributed by atoms with van der Waals surface area (Å²) >= 11 is 1.51. The van der Waals surface area contributed by atoms with Crippen molar-refractivity contribution >= 4 is 27.4 Å². The van der Waals surface area contributed by atoms with Crippen LogP contribution < -0.4 is 5.32 Å². The highest BCUT2D eigenvalue weighted by atomic mass is 32.1. The molecule has 0 atom stereocenters. The van der Waals surface area contributed by atoms with E-state index in [1.165, 1.54) is 17.7 Å². The second kappa shape index (κ2) is 5.51. The van der Waals surface area contributed by atoms with E-state index >= 15 is 0 Å². The number of fused-ring (bicyclic) bond motifs is 1. The minimum absolute atomic E-state index is 0.133. The molecule has 3 nitrogen and oxygen atoms in total. The molecule has 0 aliphatic carbocycles. The van der Waals surface area contributed by atoms with E-state index in [1.807, 2.05) is 11.4 Å². The molecule has 0 amide bonds. The van der Waals surface area contributed by atoms with Crippen LogP contribution in [-0.4, -0.2) is 22.7 Å². The van der Waals surface area contributed by atoms with Crippen LogP contribution >= 0.6 is 11.3 Å². The van der Waals surface area contributed by atoms with Gasteiger partial charge in [0.25, 0.3) is 0 Å². The van der Waals surface area contributed by atoms with E-state index in [0.29, 0.717) is 18.8 Å². The van der Waals surface area contributed by atoms with Crippen molar-refractivity contribution in [3.63, 3.8) is 0 Å². The van der Waals surface area contributed by atoms with Crippen LogP contribution in [0.4, 0.5) is 19.0 Å². The van der Waals surface area contributed by atoms with Crippen LogP contribution in [0.15, 0.2) is 17.8 Å². The summed E-state index contributed by atoms with van der Waals surface area (Å²) in [5, 5.41) is 5.87. The highest BCUT2D eigenvalue weighted by Crippen LogP contribution is 2.24. The summed E-state index contributed by atoms with van der Waals surface area (Å²) in [6.07, 6.45) is -2.73. The average Bonchev–Trinajstić information content (AvgIpc) is 2.75. The Bertz CT molecular complexity index is 509. The second-order valence-corrected chi connectivity index (χ2v) is 4.76. The molecule has 2 aromatic heterocycles. The molecule has 0 spiro atoms. The molecule has 0 fully saturated rings. The Morgan fingerprint density at radius 3 is 2.83 bits per heavy atom. The van der Waals surface area contributed by atoms with E-state index in [2.05, 4.69) is 15.3 Å². The Hall–Kier alpha value is -1.37. The molecular formula is C11H12F3N3S. The summed E-state index contributed by atoms with van der Waals surface area (Å²) < 4.78 is 35.8. The van der Waals surface area contributed by atoms with Gasteiger partial charge in [-0.1, -0.05) is 0 Å². The third kappa shape index (κ3) is 3.56. The molecule has 0 saturated carbocycles. The largest absolute Gasteiger partial charge is 0.389 e. The average molecular weight is 275 g/mol. The van der Waals surface area contributed by atoms with Crippen LogP contribution in [0, 0.1) is 0 Å². The minimum Gasteiger partial charge on any atom is -0.369 e. The fourth-order valence-corrected chi connectivity index (χ4v) is 2.32. The predicted molar refractivity (Wildman–Crippen MR) is 65.8 cm³/mol. The van der Waals surface area contributed by atoms with Crippen molar-refractivity contribution in [1.29, 1.82) is 0 Å². The fraction of sp³-hybridized carbons (Fsp3) is 0.455. The second-order valence-electron chi connectivity index (χ2n) is 3.86. The lowest BCUT2D eigenvalue weighted by molar-refractivity contribution is -0.135. The molecule has 0 aliphatic rings. The number of rotatable bonds is 5. The Morgan fingerprint density at radius 2 is 2.06 bits per heavy atom. The molecule has 2 aromatic rings. The van der Waals surface area contributed by atoms with Crippen molar-refractivity contribution in [2.75, 3.05) is 11.9 Å². The number of nitrogens with one attached hydrogen (secondary N) is 1. The number of anilines is 1. The Morgan fingerprint density at radius 1 is 1.22 bits per heavy atom. The van der Waals surface area contributed by atoms with Gasteiger partial charge in [-0.05, 0) is 24.3 Å². The highest BCUT2D eigenvalue weighted by Gasteiger charge is 2.25. The number of thiophene rings is 1. The van der Waals surface area contributed by atoms with Crippen molar-refractivity contribution in [3.8, 4) is 0 Å². The van der Waals surface area contributed by atoms with Gasteiger partial charge in [0.15, 0.2) is 0 Å². The first kappa shape index (κ1) is 13.1. The van der Waals surface area contributed by atoms with E-state index in [0.717, 1.165) is 10.2 Å². The molecule has 0 unspecified atom stereocenters. The van der Waals surface area contributed by atoms with Gasteiger partial charge in [-0.3, -0.25) is 0 Å². The summed E-state index contributed by atoms with van der Waals surface area (Å²) in [6.45, 7) is 0.484. The summed E-state index contributed by atoms with van der Waals surface area (Å²) in [6, 6.07) is 1.90. The summed E-state index contributed by atoms with van der Waals surface area (Å²) in [5.41, 5.74) is 0. The number of hydrogen-bond donors (Lipinski definition) is 1. The molecule has 0 saturated heterocycles. The van der Waals surface area contributed by atoms with Gasteiger partial charge in [0.2, 0.25) is 0 Å². The van der Waals surface area contributed by atoms with E-state index in [9.17, 15) is 13.2 Å². The van der Waals surface area contributed by atoms with Crippen molar-refractivity contribution < 1.29 is 13.2 Å². The Labute approximate surface area is 106 Å². The summed E-state index contributed by atoms with van der Waals surface area (Å²) in [7, 11) is 0. The quantitative estimate of drug-likeness (QED) is 0.842. The van der Waals surface area contributed by atoms with Crippen molar-refractivity contribution in [1.82, 2.24) is 9.97 Å². The first-order valence-electron chi connectivity index (χ1n) is 5.55. The molecule has 0 radical (unpaired) electrons. The maximum Gasteiger partial charge on any atom is 0.389 e. The van der Waals surface area contributed by atoms with Crippen LogP contribution in [0.2, 0.25) is 0 Å². The number of hydrogen-bond acceptors (Lipinski definition) is 4. The molecule has 0 bridgehead atoms. The monoisotopic (exact) mass is 275 g/mol. The Balaban J connectivity index is 1.82. The van der Waals surface area contributed by atoms with Gasteiger partial charge in [0.1, 0.15) is 17.0 Å². The molecular weight excluding hydrogens is 263 g/mol. The summed E-state index contributed by atoms with van der Waals surface area (Å²) in [5.74, 6) is 0.688. The third-order valence-electron chi connectivity index (χ3n) is 2.44. The minimum atomic E-state index is -4.06.